The van der Waals surface area contributed by atoms with Crippen LogP contribution in [-0.2, 0) is 65.4 Å². The highest BCUT2D eigenvalue weighted by molar-refractivity contribution is 7.47. The van der Waals surface area contributed by atoms with E-state index in [9.17, 15) is 43.2 Å². The van der Waals surface area contributed by atoms with Crippen LogP contribution in [0.3, 0.4) is 0 Å². The van der Waals surface area contributed by atoms with Crippen molar-refractivity contribution in [1.82, 2.24) is 0 Å². The topological polar surface area (TPSA) is 237 Å². The number of carbonyl (C=O) groups is 4. The van der Waals surface area contributed by atoms with E-state index in [1.165, 1.54) is 89.9 Å². The first kappa shape index (κ1) is 83.5. The Bertz CT molecular complexity index is 1800. The molecule has 86 heavy (non-hydrogen) atoms. The maximum absolute atomic E-state index is 13.0. The molecule has 0 fully saturated rings. The lowest BCUT2D eigenvalue weighted by Gasteiger charge is -2.21. The Morgan fingerprint density at radius 3 is 1.03 bits per heavy atom. The number of hydrogen-bond acceptors (Lipinski definition) is 15. The number of aliphatic hydroxyl groups is 1. The number of hydrogen-bond donors (Lipinski definition) is 3. The van der Waals surface area contributed by atoms with Gasteiger partial charge in [0.25, 0.3) is 0 Å². The molecule has 0 aromatic rings. The fourth-order valence-corrected chi connectivity index (χ4v) is 11.0. The molecule has 0 saturated carbocycles. The van der Waals surface area contributed by atoms with Gasteiger partial charge in [-0.1, -0.05) is 253 Å². The van der Waals surface area contributed by atoms with Crippen LogP contribution in [-0.4, -0.2) is 96.7 Å². The van der Waals surface area contributed by atoms with Gasteiger partial charge in [-0.2, -0.15) is 0 Å². The van der Waals surface area contributed by atoms with Gasteiger partial charge in [0, 0.05) is 25.7 Å². The molecular weight excluding hydrogens is 1140 g/mol. The minimum Gasteiger partial charge on any atom is -0.462 e. The highest BCUT2D eigenvalue weighted by Crippen LogP contribution is 2.45. The van der Waals surface area contributed by atoms with Crippen molar-refractivity contribution < 1.29 is 80.2 Å². The van der Waals surface area contributed by atoms with Crippen molar-refractivity contribution in [3.05, 3.63) is 24.3 Å². The predicted molar refractivity (Wildman–Crippen MR) is 344 cm³/mol. The molecule has 0 aliphatic rings. The van der Waals surface area contributed by atoms with Crippen molar-refractivity contribution in [3.63, 3.8) is 0 Å². The van der Waals surface area contributed by atoms with Crippen LogP contribution in [0.4, 0.5) is 0 Å². The summed E-state index contributed by atoms with van der Waals surface area (Å²) in [6, 6.07) is 0. The third kappa shape index (κ3) is 57.9. The van der Waals surface area contributed by atoms with Gasteiger partial charge in [0.2, 0.25) is 0 Å². The van der Waals surface area contributed by atoms with Crippen LogP contribution in [0.2, 0.25) is 0 Å². The van der Waals surface area contributed by atoms with Crippen molar-refractivity contribution in [2.75, 3.05) is 39.6 Å². The summed E-state index contributed by atoms with van der Waals surface area (Å²) < 4.78 is 68.0. The molecular formula is C67H126O17P2. The Morgan fingerprint density at radius 1 is 0.384 bits per heavy atom. The second-order valence-electron chi connectivity index (χ2n) is 24.5. The molecule has 0 spiro atoms. The van der Waals surface area contributed by atoms with E-state index in [-0.39, 0.29) is 25.7 Å². The van der Waals surface area contributed by atoms with Gasteiger partial charge < -0.3 is 33.8 Å². The molecule has 0 aliphatic carbocycles. The fraction of sp³-hybridized carbons (Fsp3) is 0.881. The summed E-state index contributed by atoms with van der Waals surface area (Å²) >= 11 is 0. The molecule has 0 aromatic carbocycles. The molecule has 0 radical (unpaired) electrons. The normalized spacial score (nSPS) is 15.1. The second kappa shape index (κ2) is 57.7. The highest BCUT2D eigenvalue weighted by atomic mass is 31.2. The molecule has 506 valence electrons. The van der Waals surface area contributed by atoms with Crippen LogP contribution >= 0.6 is 15.6 Å². The van der Waals surface area contributed by atoms with Crippen LogP contribution in [0.25, 0.3) is 0 Å². The molecule has 0 aromatic heterocycles. The largest absolute Gasteiger partial charge is 0.472 e. The molecule has 7 atom stereocenters. The Balaban J connectivity index is 5.29. The van der Waals surface area contributed by atoms with Crippen LogP contribution in [0.5, 0.6) is 0 Å². The van der Waals surface area contributed by atoms with Crippen LogP contribution in [0.1, 0.15) is 305 Å². The van der Waals surface area contributed by atoms with Crippen molar-refractivity contribution >= 4 is 39.5 Å². The molecule has 19 heteroatoms. The average Bonchev–Trinajstić information content (AvgIpc) is 3.67. The van der Waals surface area contributed by atoms with Crippen molar-refractivity contribution in [3.8, 4) is 0 Å². The first-order chi connectivity index (χ1) is 41.3. The van der Waals surface area contributed by atoms with Crippen molar-refractivity contribution in [1.29, 1.82) is 0 Å². The van der Waals surface area contributed by atoms with Gasteiger partial charge in [-0.05, 0) is 69.1 Å². The minimum atomic E-state index is -4.96. The van der Waals surface area contributed by atoms with E-state index < -0.39 is 97.5 Å². The summed E-state index contributed by atoms with van der Waals surface area (Å²) in [6.45, 7) is 11.6. The molecule has 4 unspecified atom stereocenters. The van der Waals surface area contributed by atoms with Gasteiger partial charge in [-0.15, -0.1) is 0 Å². The number of esters is 4. The first-order valence-electron chi connectivity index (χ1n) is 34.2. The van der Waals surface area contributed by atoms with E-state index >= 15 is 0 Å². The molecule has 0 amide bonds. The Hall–Kier alpha value is -2.46. The number of rotatable bonds is 63. The molecule has 17 nitrogen and oxygen atoms in total. The van der Waals surface area contributed by atoms with Gasteiger partial charge in [0.05, 0.1) is 26.4 Å². The Labute approximate surface area is 522 Å². The van der Waals surface area contributed by atoms with Crippen LogP contribution < -0.4 is 0 Å². The van der Waals surface area contributed by atoms with Crippen molar-refractivity contribution in [2.24, 2.45) is 17.8 Å². The standard InChI is InChI=1S/C67H126O17P2/c1-8-11-12-13-14-15-16-17-18-19-20-21-25-36-43-50-66(71)83-63(55-78-65(70)49-42-35-30-28-33-40-47-60(7)10-3)57-82-86(75,76)80-53-61(68)52-79-85(73,74)81-56-62(54-77-64(69)48-41-34-29-27-31-38-45-58(4)5)84-67(72)51-44-37-26-23-22-24-32-39-46-59(6)9-2/h15-18,58-63,68H,8-14,19-57H2,1-7H3,(H,73,74)(H,75,76)/b16-15-,18-17-/t59?,60?,61-,62+,63+/m0/s1. The van der Waals surface area contributed by atoms with Crippen molar-refractivity contribution in [2.45, 2.75) is 324 Å². The fourth-order valence-electron chi connectivity index (χ4n) is 9.41. The first-order valence-corrected chi connectivity index (χ1v) is 37.2. The maximum Gasteiger partial charge on any atom is 0.472 e. The quantitative estimate of drug-likeness (QED) is 0.0169. The molecule has 0 saturated heterocycles. The predicted octanol–water partition coefficient (Wildman–Crippen LogP) is 18.2. The average molecular weight is 1270 g/mol. The van der Waals surface area contributed by atoms with Crippen LogP contribution in [0, 0.1) is 17.8 Å². The molecule has 0 rings (SSSR count). The third-order valence-corrected chi connectivity index (χ3v) is 17.4. The molecule has 3 N–H and O–H groups in total. The van der Waals surface area contributed by atoms with Gasteiger partial charge in [-0.3, -0.25) is 37.3 Å². The number of aliphatic hydroxyl groups excluding tert-OH is 1. The number of unbranched alkanes of at least 4 members (excludes halogenated alkanes) is 26. The zero-order valence-electron chi connectivity index (χ0n) is 55.3. The SMILES string of the molecule is CCCCCC/C=C\C=C/CCCCCCCC(=O)O[C@H](COC(=O)CCCCCCCCC(C)CC)COP(=O)(O)OC[C@@H](O)COP(=O)(O)OC[C@@H](COC(=O)CCCCCCCCC(C)C)OC(=O)CCCCCCCCCCC(C)CC. The molecule has 0 heterocycles. The summed E-state index contributed by atoms with van der Waals surface area (Å²) in [4.78, 5) is 72.3. The van der Waals surface area contributed by atoms with Gasteiger partial charge in [0.15, 0.2) is 12.2 Å². The summed E-state index contributed by atoms with van der Waals surface area (Å²) in [5.41, 5.74) is 0. The van der Waals surface area contributed by atoms with Crippen LogP contribution in [0.15, 0.2) is 24.3 Å². The summed E-state index contributed by atoms with van der Waals surface area (Å²) in [7, 11) is -9.91. The lowest BCUT2D eigenvalue weighted by molar-refractivity contribution is -0.161. The summed E-state index contributed by atoms with van der Waals surface area (Å²) in [5, 5.41) is 10.6. The number of allylic oxidation sites excluding steroid dienone is 4. The Morgan fingerprint density at radius 2 is 0.686 bits per heavy atom. The Kier molecular flexibility index (Phi) is 56.0. The zero-order chi connectivity index (χ0) is 63.8. The zero-order valence-corrected chi connectivity index (χ0v) is 57.0. The smallest absolute Gasteiger partial charge is 0.462 e. The summed E-state index contributed by atoms with van der Waals surface area (Å²) in [6.07, 6.45) is 42.7. The lowest BCUT2D eigenvalue weighted by Crippen LogP contribution is -2.30. The van der Waals surface area contributed by atoms with E-state index in [4.69, 9.17) is 37.0 Å². The second-order valence-corrected chi connectivity index (χ2v) is 27.4. The number of phosphoric acid groups is 2. The van der Waals surface area contributed by atoms with E-state index in [1.807, 2.05) is 0 Å². The van der Waals surface area contributed by atoms with E-state index in [0.29, 0.717) is 31.6 Å². The summed E-state index contributed by atoms with van der Waals surface area (Å²) in [5.74, 6) is 0.00655. The molecule has 0 aliphatic heterocycles. The van der Waals surface area contributed by atoms with E-state index in [2.05, 4.69) is 72.8 Å². The number of phosphoric ester groups is 2. The monoisotopic (exact) mass is 1260 g/mol. The van der Waals surface area contributed by atoms with Gasteiger partial charge in [-0.25, -0.2) is 9.13 Å². The number of carbonyl (C=O) groups excluding carboxylic acids is 4. The lowest BCUT2D eigenvalue weighted by atomic mass is 9.99. The highest BCUT2D eigenvalue weighted by Gasteiger charge is 2.30. The van der Waals surface area contributed by atoms with E-state index in [1.54, 1.807) is 0 Å². The number of ether oxygens (including phenoxy) is 4. The minimum absolute atomic E-state index is 0.0834. The van der Waals surface area contributed by atoms with Gasteiger partial charge in [0.1, 0.15) is 19.3 Å². The molecule has 0 bridgehead atoms. The third-order valence-electron chi connectivity index (χ3n) is 15.5. The maximum atomic E-state index is 13.0. The van der Waals surface area contributed by atoms with Gasteiger partial charge >= 0.3 is 39.5 Å². The van der Waals surface area contributed by atoms with E-state index in [0.717, 1.165) is 127 Å².